The van der Waals surface area contributed by atoms with Gasteiger partial charge < -0.3 is 5.32 Å². The van der Waals surface area contributed by atoms with Gasteiger partial charge in [0.1, 0.15) is 0 Å². The second-order valence-electron chi connectivity index (χ2n) is 3.98. The molecule has 1 N–H and O–H groups in total. The van der Waals surface area contributed by atoms with Gasteiger partial charge in [0.25, 0.3) is 0 Å². The number of benzene rings is 1. The third-order valence-corrected chi connectivity index (χ3v) is 3.06. The molecule has 1 aromatic rings. The molecule has 16 heavy (non-hydrogen) atoms. The summed E-state index contributed by atoms with van der Waals surface area (Å²) in [5, 5.41) is 3.70. The lowest BCUT2D eigenvalue weighted by atomic mass is 10.0. The minimum atomic E-state index is -0.00727. The molecule has 0 spiro atoms. The van der Waals surface area contributed by atoms with E-state index in [1.54, 1.807) is 6.92 Å². The predicted octanol–water partition coefficient (Wildman–Crippen LogP) is 3.32. The van der Waals surface area contributed by atoms with E-state index in [9.17, 15) is 4.79 Å². The Kier molecular flexibility index (Phi) is 3.01. The topological polar surface area (TPSA) is 29.1 Å². The Morgan fingerprint density at radius 2 is 2.25 bits per heavy atom. The highest BCUT2D eigenvalue weighted by atomic mass is 35.5. The summed E-state index contributed by atoms with van der Waals surface area (Å²) >= 11 is 5.95. The van der Waals surface area contributed by atoms with Crippen molar-refractivity contribution in [3.05, 3.63) is 39.9 Å². The van der Waals surface area contributed by atoms with Gasteiger partial charge in [-0.15, -0.1) is 0 Å². The summed E-state index contributed by atoms with van der Waals surface area (Å²) in [5.41, 5.74) is 3.48. The lowest BCUT2D eigenvalue weighted by Crippen LogP contribution is -2.26. The Hall–Kier alpha value is -1.28. The number of fused-ring (bicyclic) bond motifs is 1. The first-order valence-corrected chi connectivity index (χ1v) is 5.76. The minimum Gasteiger partial charge on any atom is -0.346 e. The van der Waals surface area contributed by atoms with Crippen molar-refractivity contribution in [2.24, 2.45) is 0 Å². The summed E-state index contributed by atoms with van der Waals surface area (Å²) in [4.78, 5) is 11.2. The molecule has 0 radical (unpaired) electrons. The van der Waals surface area contributed by atoms with Gasteiger partial charge in [0.2, 0.25) is 5.91 Å². The molecule has 0 fully saturated rings. The van der Waals surface area contributed by atoms with Gasteiger partial charge in [-0.25, -0.2) is 0 Å². The van der Waals surface area contributed by atoms with Crippen LogP contribution >= 0.6 is 11.6 Å². The molecular weight excluding hydrogens is 222 g/mol. The lowest BCUT2D eigenvalue weighted by Gasteiger charge is -2.16. The van der Waals surface area contributed by atoms with Crippen molar-refractivity contribution in [1.29, 1.82) is 0 Å². The molecule has 84 valence electrons. The number of hydrogen-bond acceptors (Lipinski definition) is 1. The first-order chi connectivity index (χ1) is 7.61. The Morgan fingerprint density at radius 1 is 1.50 bits per heavy atom. The second-order valence-corrected chi connectivity index (χ2v) is 4.42. The molecule has 0 saturated carbocycles. The smallest absolute Gasteiger partial charge is 0.217 e. The minimum absolute atomic E-state index is 0.00727. The van der Waals surface area contributed by atoms with Crippen LogP contribution in [0.3, 0.4) is 0 Å². The van der Waals surface area contributed by atoms with E-state index in [2.05, 4.69) is 18.3 Å². The van der Waals surface area contributed by atoms with Gasteiger partial charge in [0, 0.05) is 11.9 Å². The van der Waals surface area contributed by atoms with Gasteiger partial charge in [-0.05, 0) is 35.3 Å². The van der Waals surface area contributed by atoms with Crippen LogP contribution < -0.4 is 5.32 Å². The van der Waals surface area contributed by atoms with Crippen molar-refractivity contribution in [1.82, 2.24) is 5.32 Å². The van der Waals surface area contributed by atoms with E-state index in [4.69, 9.17) is 11.6 Å². The summed E-state index contributed by atoms with van der Waals surface area (Å²) in [6.45, 7) is 3.63. The van der Waals surface area contributed by atoms with E-state index in [1.807, 2.05) is 18.2 Å². The highest BCUT2D eigenvalue weighted by Gasteiger charge is 2.24. The average molecular weight is 236 g/mol. The standard InChI is InChI=1S/C13H14ClNO/c1-3-9-6-10-7-11(14)4-5-12(10)13(9)15-8(2)16/h4-7,13H,3H2,1-2H3,(H,15,16). The van der Waals surface area contributed by atoms with E-state index >= 15 is 0 Å². The monoisotopic (exact) mass is 235 g/mol. The van der Waals surface area contributed by atoms with Crippen molar-refractivity contribution in [2.75, 3.05) is 0 Å². The second kappa shape index (κ2) is 4.30. The van der Waals surface area contributed by atoms with Gasteiger partial charge in [0.05, 0.1) is 6.04 Å². The normalized spacial score (nSPS) is 17.9. The van der Waals surface area contributed by atoms with Crippen molar-refractivity contribution < 1.29 is 4.79 Å². The first kappa shape index (κ1) is 11.2. The number of carbonyl (C=O) groups excluding carboxylic acids is 1. The highest BCUT2D eigenvalue weighted by molar-refractivity contribution is 6.30. The van der Waals surface area contributed by atoms with Crippen molar-refractivity contribution >= 4 is 23.6 Å². The first-order valence-electron chi connectivity index (χ1n) is 5.39. The third kappa shape index (κ3) is 1.98. The van der Waals surface area contributed by atoms with Crippen LogP contribution in [0.4, 0.5) is 0 Å². The van der Waals surface area contributed by atoms with Crippen LogP contribution in [0.1, 0.15) is 37.4 Å². The summed E-state index contributed by atoms with van der Waals surface area (Å²) in [5.74, 6) is -0.00727. The number of halogens is 1. The highest BCUT2D eigenvalue weighted by Crippen LogP contribution is 2.37. The molecular formula is C13H14ClNO. The molecule has 0 heterocycles. The number of carbonyl (C=O) groups is 1. The van der Waals surface area contributed by atoms with Crippen LogP contribution in [0.5, 0.6) is 0 Å². The predicted molar refractivity (Wildman–Crippen MR) is 66.3 cm³/mol. The molecule has 1 aliphatic carbocycles. The number of hydrogen-bond donors (Lipinski definition) is 1. The molecule has 1 unspecified atom stereocenters. The lowest BCUT2D eigenvalue weighted by molar-refractivity contribution is -0.119. The van der Waals surface area contributed by atoms with E-state index in [0.29, 0.717) is 0 Å². The van der Waals surface area contributed by atoms with E-state index < -0.39 is 0 Å². The molecule has 2 nitrogen and oxygen atoms in total. The largest absolute Gasteiger partial charge is 0.346 e. The van der Waals surface area contributed by atoms with Crippen molar-refractivity contribution in [3.63, 3.8) is 0 Å². The van der Waals surface area contributed by atoms with Gasteiger partial charge in [-0.2, -0.15) is 0 Å². The van der Waals surface area contributed by atoms with Gasteiger partial charge in [0.15, 0.2) is 0 Å². The number of rotatable bonds is 2. The summed E-state index contributed by atoms with van der Waals surface area (Å²) in [6.07, 6.45) is 3.04. The van der Waals surface area contributed by atoms with Crippen molar-refractivity contribution in [2.45, 2.75) is 26.3 Å². The molecule has 0 aliphatic heterocycles. The zero-order valence-corrected chi connectivity index (χ0v) is 10.1. The fourth-order valence-corrected chi connectivity index (χ4v) is 2.28. The molecule has 2 rings (SSSR count). The SMILES string of the molecule is CCC1=Cc2cc(Cl)ccc2C1NC(C)=O. The molecule has 0 saturated heterocycles. The van der Waals surface area contributed by atoms with Crippen LogP contribution in [0.2, 0.25) is 5.02 Å². The maximum atomic E-state index is 11.2. The van der Waals surface area contributed by atoms with Crippen LogP contribution in [0.25, 0.3) is 6.08 Å². The van der Waals surface area contributed by atoms with E-state index in [1.165, 1.54) is 5.57 Å². The van der Waals surface area contributed by atoms with Crippen LogP contribution in [-0.2, 0) is 4.79 Å². The molecule has 0 aromatic heterocycles. The zero-order chi connectivity index (χ0) is 11.7. The molecule has 3 heteroatoms. The Morgan fingerprint density at radius 3 is 2.88 bits per heavy atom. The Labute approximate surface area is 100 Å². The fraction of sp³-hybridized carbons (Fsp3) is 0.308. The molecule has 0 bridgehead atoms. The molecule has 1 aliphatic rings. The van der Waals surface area contributed by atoms with E-state index in [-0.39, 0.29) is 11.9 Å². The van der Waals surface area contributed by atoms with Gasteiger partial charge in [-0.3, -0.25) is 4.79 Å². The van der Waals surface area contributed by atoms with Gasteiger partial charge in [-0.1, -0.05) is 30.7 Å². The maximum Gasteiger partial charge on any atom is 0.217 e. The average Bonchev–Trinajstić information content (AvgIpc) is 2.55. The van der Waals surface area contributed by atoms with Crippen LogP contribution in [0.15, 0.2) is 23.8 Å². The number of amides is 1. The fourth-order valence-electron chi connectivity index (χ4n) is 2.10. The van der Waals surface area contributed by atoms with Crippen molar-refractivity contribution in [3.8, 4) is 0 Å². The van der Waals surface area contributed by atoms with Gasteiger partial charge >= 0.3 is 0 Å². The third-order valence-electron chi connectivity index (χ3n) is 2.83. The summed E-state index contributed by atoms with van der Waals surface area (Å²) < 4.78 is 0. The van der Waals surface area contributed by atoms with Crippen LogP contribution in [-0.4, -0.2) is 5.91 Å². The Balaban J connectivity index is 2.40. The zero-order valence-electron chi connectivity index (χ0n) is 9.38. The van der Waals surface area contributed by atoms with Crippen LogP contribution in [0, 0.1) is 0 Å². The molecule has 1 amide bonds. The summed E-state index contributed by atoms with van der Waals surface area (Å²) in [6, 6.07) is 5.81. The van der Waals surface area contributed by atoms with E-state index in [0.717, 1.165) is 22.6 Å². The maximum absolute atomic E-state index is 11.2. The quantitative estimate of drug-likeness (QED) is 0.837. The summed E-state index contributed by atoms with van der Waals surface area (Å²) in [7, 11) is 0. The Bertz CT molecular complexity index is 465. The molecule has 1 atom stereocenters. The number of nitrogens with one attached hydrogen (secondary N) is 1. The molecule has 1 aromatic carbocycles.